The SMILES string of the molecule is CCN(CC)S(=O)(=O)c1ccc(CCC(=O)Nc2ccccc2-n2ncc3c(=O)[nH]cnc32)cc1. The fourth-order valence-electron chi connectivity index (χ4n) is 3.81. The second kappa shape index (κ2) is 10.2. The molecule has 4 aromatic rings. The van der Waals surface area contributed by atoms with Gasteiger partial charge >= 0.3 is 0 Å². The molecule has 0 aliphatic heterocycles. The van der Waals surface area contributed by atoms with E-state index in [-0.39, 0.29) is 22.8 Å². The number of fused-ring (bicyclic) bond motifs is 1. The van der Waals surface area contributed by atoms with Crippen LogP contribution in [0.3, 0.4) is 0 Å². The summed E-state index contributed by atoms with van der Waals surface area (Å²) in [4.78, 5) is 31.7. The molecule has 0 atom stereocenters. The summed E-state index contributed by atoms with van der Waals surface area (Å²) in [6.45, 7) is 4.42. The number of carbonyl (C=O) groups is 1. The number of para-hydroxylation sites is 2. The lowest BCUT2D eigenvalue weighted by Crippen LogP contribution is -2.30. The Morgan fingerprint density at radius 1 is 1.09 bits per heavy atom. The first kappa shape index (κ1) is 24.3. The highest BCUT2D eigenvalue weighted by atomic mass is 32.2. The number of H-pyrrole nitrogens is 1. The van der Waals surface area contributed by atoms with Crippen molar-refractivity contribution in [3.8, 4) is 5.69 Å². The van der Waals surface area contributed by atoms with Gasteiger partial charge in [0.2, 0.25) is 15.9 Å². The highest BCUT2D eigenvalue weighted by Crippen LogP contribution is 2.23. The Morgan fingerprint density at radius 3 is 2.51 bits per heavy atom. The van der Waals surface area contributed by atoms with Gasteiger partial charge in [-0.15, -0.1) is 0 Å². The third kappa shape index (κ3) is 5.00. The molecule has 2 aromatic carbocycles. The van der Waals surface area contributed by atoms with E-state index in [1.165, 1.54) is 21.5 Å². The summed E-state index contributed by atoms with van der Waals surface area (Å²) in [5.41, 5.74) is 2.06. The topological polar surface area (TPSA) is 130 Å². The van der Waals surface area contributed by atoms with Crippen molar-refractivity contribution in [2.75, 3.05) is 18.4 Å². The number of hydrogen-bond acceptors (Lipinski definition) is 6. The van der Waals surface area contributed by atoms with Crippen LogP contribution in [0.4, 0.5) is 5.69 Å². The highest BCUT2D eigenvalue weighted by molar-refractivity contribution is 7.89. The minimum atomic E-state index is -3.52. The summed E-state index contributed by atoms with van der Waals surface area (Å²) in [5, 5.41) is 7.52. The summed E-state index contributed by atoms with van der Waals surface area (Å²) < 4.78 is 28.2. The first-order chi connectivity index (χ1) is 16.8. The Balaban J connectivity index is 1.46. The fourth-order valence-corrected chi connectivity index (χ4v) is 5.27. The standard InChI is InChI=1S/C24H26N6O4S/c1-3-29(4-2)35(33,34)18-12-9-17(10-13-18)11-14-22(31)28-20-7-5-6-8-21(20)30-23-19(15-27-30)24(32)26-16-25-23/h5-10,12-13,15-16H,3-4,11,14H2,1-2H3,(H,28,31)(H,25,26,32). The summed E-state index contributed by atoms with van der Waals surface area (Å²) >= 11 is 0. The molecule has 2 N–H and O–H groups in total. The zero-order valence-electron chi connectivity index (χ0n) is 19.4. The van der Waals surface area contributed by atoms with Crippen molar-refractivity contribution >= 4 is 32.7 Å². The molecule has 11 heteroatoms. The average molecular weight is 495 g/mol. The maximum Gasteiger partial charge on any atom is 0.261 e. The Labute approximate surface area is 202 Å². The van der Waals surface area contributed by atoms with Crippen LogP contribution in [0, 0.1) is 0 Å². The van der Waals surface area contributed by atoms with Gasteiger partial charge in [0.25, 0.3) is 5.56 Å². The highest BCUT2D eigenvalue weighted by Gasteiger charge is 2.21. The largest absolute Gasteiger partial charge is 0.324 e. The Kier molecular flexibility index (Phi) is 7.08. The molecule has 182 valence electrons. The second-order valence-electron chi connectivity index (χ2n) is 7.82. The quantitative estimate of drug-likeness (QED) is 0.368. The van der Waals surface area contributed by atoms with Gasteiger partial charge in [-0.1, -0.05) is 38.1 Å². The van der Waals surface area contributed by atoms with Crippen LogP contribution in [0.5, 0.6) is 0 Å². The van der Waals surface area contributed by atoms with Gasteiger partial charge in [0, 0.05) is 19.5 Å². The number of amides is 1. The molecule has 0 unspecified atom stereocenters. The van der Waals surface area contributed by atoms with E-state index in [0.717, 1.165) is 5.56 Å². The molecule has 0 saturated carbocycles. The molecule has 0 spiro atoms. The van der Waals surface area contributed by atoms with Crippen LogP contribution in [0.25, 0.3) is 16.7 Å². The predicted octanol–water partition coefficient (Wildman–Crippen LogP) is 2.71. The van der Waals surface area contributed by atoms with Gasteiger partial charge in [-0.25, -0.2) is 18.1 Å². The molecule has 1 amide bonds. The molecule has 0 saturated heterocycles. The third-order valence-electron chi connectivity index (χ3n) is 5.68. The van der Waals surface area contributed by atoms with Crippen molar-refractivity contribution in [1.82, 2.24) is 24.1 Å². The number of aryl methyl sites for hydroxylation is 1. The molecule has 10 nitrogen and oxygen atoms in total. The Hall–Kier alpha value is -3.83. The number of anilines is 1. The van der Waals surface area contributed by atoms with E-state index in [1.807, 2.05) is 0 Å². The normalized spacial score (nSPS) is 11.7. The third-order valence-corrected chi connectivity index (χ3v) is 7.75. The number of sulfonamides is 1. The Morgan fingerprint density at radius 2 is 1.80 bits per heavy atom. The van der Waals surface area contributed by atoms with E-state index in [2.05, 4.69) is 20.4 Å². The number of nitrogens with one attached hydrogen (secondary N) is 2. The van der Waals surface area contributed by atoms with Gasteiger partial charge in [-0.2, -0.15) is 9.40 Å². The molecule has 2 heterocycles. The number of carbonyl (C=O) groups excluding carboxylic acids is 1. The van der Waals surface area contributed by atoms with Gasteiger partial charge < -0.3 is 10.3 Å². The molecule has 0 radical (unpaired) electrons. The Bertz CT molecular complexity index is 1510. The van der Waals surface area contributed by atoms with Crippen molar-refractivity contribution in [2.45, 2.75) is 31.6 Å². The number of aromatic nitrogens is 4. The second-order valence-corrected chi connectivity index (χ2v) is 9.76. The number of aromatic amines is 1. The van der Waals surface area contributed by atoms with Crippen LogP contribution in [-0.2, 0) is 21.2 Å². The zero-order valence-corrected chi connectivity index (χ0v) is 20.2. The maximum absolute atomic E-state index is 12.7. The van der Waals surface area contributed by atoms with E-state index < -0.39 is 10.0 Å². The van der Waals surface area contributed by atoms with Crippen LogP contribution in [0.2, 0.25) is 0 Å². The summed E-state index contributed by atoms with van der Waals surface area (Å²) in [5.74, 6) is -0.209. The predicted molar refractivity (Wildman–Crippen MR) is 133 cm³/mol. The lowest BCUT2D eigenvalue weighted by molar-refractivity contribution is -0.116. The minimum Gasteiger partial charge on any atom is -0.324 e. The van der Waals surface area contributed by atoms with Gasteiger partial charge in [-0.05, 0) is 36.2 Å². The monoisotopic (exact) mass is 494 g/mol. The van der Waals surface area contributed by atoms with Crippen LogP contribution < -0.4 is 10.9 Å². The van der Waals surface area contributed by atoms with E-state index in [4.69, 9.17) is 0 Å². The average Bonchev–Trinajstić information content (AvgIpc) is 3.29. The smallest absolute Gasteiger partial charge is 0.261 e. The van der Waals surface area contributed by atoms with Crippen molar-refractivity contribution in [1.29, 1.82) is 0 Å². The molecular weight excluding hydrogens is 468 g/mol. The van der Waals surface area contributed by atoms with Crippen molar-refractivity contribution < 1.29 is 13.2 Å². The molecule has 0 aliphatic rings. The van der Waals surface area contributed by atoms with Gasteiger partial charge in [0.1, 0.15) is 5.39 Å². The fraction of sp³-hybridized carbons (Fsp3) is 0.250. The van der Waals surface area contributed by atoms with Crippen LogP contribution >= 0.6 is 0 Å². The van der Waals surface area contributed by atoms with Gasteiger partial charge in [0.05, 0.1) is 28.8 Å². The summed E-state index contributed by atoms with van der Waals surface area (Å²) in [7, 11) is -3.52. The zero-order chi connectivity index (χ0) is 25.0. The number of rotatable bonds is 9. The van der Waals surface area contributed by atoms with Crippen LogP contribution in [0.1, 0.15) is 25.8 Å². The van der Waals surface area contributed by atoms with Crippen LogP contribution in [0.15, 0.2) is 70.7 Å². The van der Waals surface area contributed by atoms with E-state index in [9.17, 15) is 18.0 Å². The van der Waals surface area contributed by atoms with E-state index in [0.29, 0.717) is 41.9 Å². The van der Waals surface area contributed by atoms with Crippen molar-refractivity contribution in [3.05, 3.63) is 77.0 Å². The lowest BCUT2D eigenvalue weighted by atomic mass is 10.1. The van der Waals surface area contributed by atoms with Gasteiger partial charge in [-0.3, -0.25) is 9.59 Å². The molecule has 2 aromatic heterocycles. The molecule has 0 fully saturated rings. The van der Waals surface area contributed by atoms with Gasteiger partial charge in [0.15, 0.2) is 5.65 Å². The van der Waals surface area contributed by atoms with E-state index >= 15 is 0 Å². The number of nitrogens with zero attached hydrogens (tertiary/aromatic N) is 4. The van der Waals surface area contributed by atoms with Crippen LogP contribution in [-0.4, -0.2) is 51.5 Å². The minimum absolute atomic E-state index is 0.203. The molecule has 4 rings (SSSR count). The van der Waals surface area contributed by atoms with Crippen molar-refractivity contribution in [3.63, 3.8) is 0 Å². The van der Waals surface area contributed by atoms with E-state index in [1.54, 1.807) is 62.4 Å². The molecule has 0 bridgehead atoms. The maximum atomic E-state index is 12.7. The molecular formula is C24H26N6O4S. The first-order valence-electron chi connectivity index (χ1n) is 11.2. The summed E-state index contributed by atoms with van der Waals surface area (Å²) in [6, 6.07) is 13.7. The number of hydrogen-bond donors (Lipinski definition) is 2. The first-order valence-corrected chi connectivity index (χ1v) is 12.7. The number of benzene rings is 2. The molecule has 0 aliphatic carbocycles. The molecule has 35 heavy (non-hydrogen) atoms. The lowest BCUT2D eigenvalue weighted by Gasteiger charge is -2.18. The van der Waals surface area contributed by atoms with Crippen molar-refractivity contribution in [2.24, 2.45) is 0 Å². The summed E-state index contributed by atoms with van der Waals surface area (Å²) in [6.07, 6.45) is 3.39.